The molecule has 29 heavy (non-hydrogen) atoms. The van der Waals surface area contributed by atoms with Crippen LogP contribution in [0, 0.1) is 0 Å². The molecule has 1 N–H and O–H groups in total. The van der Waals surface area contributed by atoms with E-state index in [0.717, 1.165) is 58.2 Å². The van der Waals surface area contributed by atoms with Gasteiger partial charge >= 0.3 is 0 Å². The lowest BCUT2D eigenvalue weighted by Crippen LogP contribution is -2.49. The number of hydrogen-bond donors (Lipinski definition) is 1. The van der Waals surface area contributed by atoms with Crippen LogP contribution in [0.4, 0.5) is 0 Å². The van der Waals surface area contributed by atoms with Gasteiger partial charge in [0.1, 0.15) is 18.5 Å². The monoisotopic (exact) mass is 403 g/mol. The smallest absolute Gasteiger partial charge is 0.119 e. The summed E-state index contributed by atoms with van der Waals surface area (Å²) in [7, 11) is 2.15. The minimum absolute atomic E-state index is 0.126. The van der Waals surface area contributed by atoms with Crippen LogP contribution in [0.25, 0.3) is 0 Å². The molecule has 0 amide bonds. The molecule has 162 valence electrons. The number of morpholine rings is 1. The average Bonchev–Trinajstić information content (AvgIpc) is 3.17. The van der Waals surface area contributed by atoms with Crippen LogP contribution < -0.4 is 4.74 Å². The Bertz CT molecular complexity index is 625. The molecule has 1 aliphatic carbocycles. The Morgan fingerprint density at radius 1 is 1.03 bits per heavy atom. The number of likely N-dealkylation sites (N-methyl/N-ethyl adjacent to an activating group) is 1. The quantitative estimate of drug-likeness (QED) is 0.750. The van der Waals surface area contributed by atoms with Gasteiger partial charge in [-0.25, -0.2) is 0 Å². The maximum Gasteiger partial charge on any atom is 0.119 e. The van der Waals surface area contributed by atoms with Crippen molar-refractivity contribution in [2.75, 3.05) is 66.1 Å². The van der Waals surface area contributed by atoms with Crippen LogP contribution in [-0.2, 0) is 11.3 Å². The third-order valence-corrected chi connectivity index (χ3v) is 6.68. The number of piperazine rings is 1. The maximum atomic E-state index is 10.3. The van der Waals surface area contributed by atoms with E-state index in [9.17, 15) is 5.11 Å². The van der Waals surface area contributed by atoms with Crippen molar-refractivity contribution in [3.8, 4) is 5.75 Å². The second kappa shape index (κ2) is 9.75. The molecule has 0 aromatic heterocycles. The number of rotatable bonds is 7. The van der Waals surface area contributed by atoms with Crippen LogP contribution in [0.1, 0.15) is 31.2 Å². The Kier molecular flexibility index (Phi) is 7.08. The predicted molar refractivity (Wildman–Crippen MR) is 114 cm³/mol. The van der Waals surface area contributed by atoms with E-state index >= 15 is 0 Å². The first kappa shape index (κ1) is 21.1. The lowest BCUT2D eigenvalue weighted by atomic mass is 9.99. The average molecular weight is 404 g/mol. The van der Waals surface area contributed by atoms with Crippen molar-refractivity contribution in [3.05, 3.63) is 29.8 Å². The second-order valence-corrected chi connectivity index (χ2v) is 9.16. The first-order chi connectivity index (χ1) is 14.1. The number of aliphatic hydroxyl groups is 1. The molecule has 0 unspecified atom stereocenters. The molecule has 6 heteroatoms. The van der Waals surface area contributed by atoms with E-state index in [-0.39, 0.29) is 5.60 Å². The van der Waals surface area contributed by atoms with Crippen LogP contribution in [0.3, 0.4) is 0 Å². The zero-order valence-electron chi connectivity index (χ0n) is 17.9. The third-order valence-electron chi connectivity index (χ3n) is 6.68. The Balaban J connectivity index is 1.20. The number of hydrogen-bond acceptors (Lipinski definition) is 6. The fraction of sp³-hybridized carbons (Fsp3) is 0.739. The third kappa shape index (κ3) is 5.92. The molecule has 3 aliphatic rings. The fourth-order valence-electron chi connectivity index (χ4n) is 4.90. The van der Waals surface area contributed by atoms with E-state index in [1.54, 1.807) is 0 Å². The molecule has 1 saturated carbocycles. The van der Waals surface area contributed by atoms with Crippen molar-refractivity contribution in [2.24, 2.45) is 0 Å². The topological polar surface area (TPSA) is 48.4 Å². The molecule has 1 aromatic rings. The molecule has 0 bridgehead atoms. The van der Waals surface area contributed by atoms with Crippen LogP contribution in [0.15, 0.2) is 24.3 Å². The summed E-state index contributed by atoms with van der Waals surface area (Å²) in [6.07, 6.45) is 4.59. The van der Waals surface area contributed by atoms with Gasteiger partial charge in [0.25, 0.3) is 0 Å². The van der Waals surface area contributed by atoms with Crippen LogP contribution in [-0.4, -0.2) is 97.6 Å². The van der Waals surface area contributed by atoms with Crippen LogP contribution in [0.5, 0.6) is 5.75 Å². The molecular formula is C23H37N3O3. The van der Waals surface area contributed by atoms with Crippen molar-refractivity contribution in [1.82, 2.24) is 14.7 Å². The molecule has 2 saturated heterocycles. The summed E-state index contributed by atoms with van der Waals surface area (Å²) in [6, 6.07) is 8.37. The van der Waals surface area contributed by atoms with Gasteiger partial charge in [0, 0.05) is 52.4 Å². The largest absolute Gasteiger partial charge is 0.491 e. The maximum absolute atomic E-state index is 10.3. The summed E-state index contributed by atoms with van der Waals surface area (Å²) in [6.45, 7) is 9.10. The summed E-state index contributed by atoms with van der Waals surface area (Å²) in [5, 5.41) is 10.3. The van der Waals surface area contributed by atoms with Crippen molar-refractivity contribution < 1.29 is 14.6 Å². The highest BCUT2D eigenvalue weighted by atomic mass is 16.5. The molecule has 2 aliphatic heterocycles. The zero-order chi connectivity index (χ0) is 20.1. The molecular weight excluding hydrogens is 366 g/mol. The second-order valence-electron chi connectivity index (χ2n) is 9.16. The predicted octanol–water partition coefficient (Wildman–Crippen LogP) is 1.82. The summed E-state index contributed by atoms with van der Waals surface area (Å²) in [4.78, 5) is 7.17. The lowest BCUT2D eigenvalue weighted by Gasteiger charge is -2.40. The van der Waals surface area contributed by atoms with Gasteiger partial charge in [-0.1, -0.05) is 25.0 Å². The summed E-state index contributed by atoms with van der Waals surface area (Å²) in [5.41, 5.74) is 1.44. The van der Waals surface area contributed by atoms with Gasteiger partial charge in [-0.15, -0.1) is 0 Å². The molecule has 1 spiro atoms. The highest BCUT2D eigenvalue weighted by molar-refractivity contribution is 5.27. The Morgan fingerprint density at radius 3 is 2.48 bits per heavy atom. The highest BCUT2D eigenvalue weighted by Gasteiger charge is 2.39. The van der Waals surface area contributed by atoms with Gasteiger partial charge in [-0.2, -0.15) is 0 Å². The van der Waals surface area contributed by atoms with Gasteiger partial charge in [-0.3, -0.25) is 9.80 Å². The molecule has 1 atom stereocenters. The molecule has 3 fully saturated rings. The van der Waals surface area contributed by atoms with Gasteiger partial charge in [0.15, 0.2) is 0 Å². The molecule has 2 heterocycles. The van der Waals surface area contributed by atoms with Crippen molar-refractivity contribution in [1.29, 1.82) is 0 Å². The molecule has 0 radical (unpaired) electrons. The molecule has 6 nitrogen and oxygen atoms in total. The minimum Gasteiger partial charge on any atom is -0.491 e. The van der Waals surface area contributed by atoms with E-state index in [1.807, 2.05) is 12.1 Å². The van der Waals surface area contributed by atoms with Crippen molar-refractivity contribution >= 4 is 0 Å². The standard InChI is InChI=1S/C23H37N3O3/c1-24-10-12-25(13-11-24)17-21(27)18-28-22-6-4-20(5-7-22)16-26-14-15-29-23(19-26)8-2-3-9-23/h4-7,21,27H,2-3,8-19H2,1H3/t21-/m0/s1. The van der Waals surface area contributed by atoms with Crippen LogP contribution >= 0.6 is 0 Å². The van der Waals surface area contributed by atoms with E-state index in [1.165, 1.54) is 31.2 Å². The zero-order valence-corrected chi connectivity index (χ0v) is 17.9. The van der Waals surface area contributed by atoms with Crippen molar-refractivity contribution in [2.45, 2.75) is 43.9 Å². The highest BCUT2D eigenvalue weighted by Crippen LogP contribution is 2.36. The summed E-state index contributed by atoms with van der Waals surface area (Å²) < 4.78 is 12.0. The Morgan fingerprint density at radius 2 is 1.76 bits per heavy atom. The van der Waals surface area contributed by atoms with Gasteiger partial charge in [0.05, 0.1) is 12.2 Å². The van der Waals surface area contributed by atoms with Gasteiger partial charge in [-0.05, 0) is 37.6 Å². The van der Waals surface area contributed by atoms with Gasteiger partial charge in [0.2, 0.25) is 0 Å². The molecule has 1 aromatic carbocycles. The molecule has 4 rings (SSSR count). The summed E-state index contributed by atoms with van der Waals surface area (Å²) >= 11 is 0. The number of ether oxygens (including phenoxy) is 2. The van der Waals surface area contributed by atoms with E-state index in [0.29, 0.717) is 13.2 Å². The fourth-order valence-corrected chi connectivity index (χ4v) is 4.90. The van der Waals surface area contributed by atoms with Crippen LogP contribution in [0.2, 0.25) is 0 Å². The number of benzene rings is 1. The van der Waals surface area contributed by atoms with Gasteiger partial charge < -0.3 is 19.5 Å². The SMILES string of the molecule is CN1CCN(C[C@H](O)COc2ccc(CN3CCOC4(CCCC4)C3)cc2)CC1. The summed E-state index contributed by atoms with van der Waals surface area (Å²) in [5.74, 6) is 0.834. The lowest BCUT2D eigenvalue weighted by molar-refractivity contribution is -0.107. The first-order valence-electron chi connectivity index (χ1n) is 11.3. The Labute approximate surface area is 175 Å². The van der Waals surface area contributed by atoms with E-state index < -0.39 is 6.10 Å². The van der Waals surface area contributed by atoms with E-state index in [4.69, 9.17) is 9.47 Å². The normalized spacial score (nSPS) is 24.8. The number of β-amino-alcohol motifs (C(OH)–C–C–N with tert-alkyl or cyclic N) is 1. The first-order valence-corrected chi connectivity index (χ1v) is 11.3. The Hall–Kier alpha value is -1.18. The minimum atomic E-state index is -0.450. The van der Waals surface area contributed by atoms with E-state index in [2.05, 4.69) is 33.9 Å². The van der Waals surface area contributed by atoms with Crippen molar-refractivity contribution in [3.63, 3.8) is 0 Å². The number of aliphatic hydroxyl groups excluding tert-OH is 1. The number of nitrogens with zero attached hydrogens (tertiary/aromatic N) is 3.